The Morgan fingerprint density at radius 1 is 1.03 bits per heavy atom. The minimum atomic E-state index is -0.558. The average Bonchev–Trinajstić information content (AvgIpc) is 3.48. The molecule has 0 aromatic heterocycles. The number of carbonyl (C=O) groups excluding carboxylic acids is 3. The molecule has 1 spiro atoms. The second-order valence-corrected chi connectivity index (χ2v) is 11.0. The van der Waals surface area contributed by atoms with E-state index in [0.717, 1.165) is 51.4 Å². The van der Waals surface area contributed by atoms with Gasteiger partial charge >= 0.3 is 0 Å². The van der Waals surface area contributed by atoms with Gasteiger partial charge in [-0.05, 0) is 94.7 Å². The molecule has 1 saturated carbocycles. The summed E-state index contributed by atoms with van der Waals surface area (Å²) in [5.74, 6) is -0.282. The zero-order chi connectivity index (χ0) is 23.9. The summed E-state index contributed by atoms with van der Waals surface area (Å²) >= 11 is 0. The summed E-state index contributed by atoms with van der Waals surface area (Å²) in [5, 5.41) is 9.27. The Bertz CT molecular complexity index is 959. The molecule has 2 heterocycles. The SMILES string of the molecule is CN[C@@H](C)C(=O)NC1CC2(CCC3CCC(C(=O)N[C@@H]4CCCc5ccccc54)N3C1=O)CC2. The number of nitrogens with zero attached hydrogens (tertiary/aromatic N) is 1. The van der Waals surface area contributed by atoms with E-state index >= 15 is 0 Å². The third kappa shape index (κ3) is 4.47. The monoisotopic (exact) mass is 466 g/mol. The van der Waals surface area contributed by atoms with Gasteiger partial charge in [0.05, 0.1) is 12.1 Å². The van der Waals surface area contributed by atoms with Gasteiger partial charge in [-0.15, -0.1) is 0 Å². The predicted octanol–water partition coefficient (Wildman–Crippen LogP) is 2.60. The molecule has 7 heteroatoms. The summed E-state index contributed by atoms with van der Waals surface area (Å²) in [6.45, 7) is 1.80. The Morgan fingerprint density at radius 2 is 1.82 bits per heavy atom. The molecule has 2 aliphatic carbocycles. The Balaban J connectivity index is 1.34. The van der Waals surface area contributed by atoms with E-state index in [1.54, 1.807) is 14.0 Å². The van der Waals surface area contributed by atoms with Crippen LogP contribution in [0.2, 0.25) is 0 Å². The van der Waals surface area contributed by atoms with Crippen molar-refractivity contribution in [1.29, 1.82) is 0 Å². The maximum Gasteiger partial charge on any atom is 0.246 e. The van der Waals surface area contributed by atoms with E-state index in [1.165, 1.54) is 11.1 Å². The highest BCUT2D eigenvalue weighted by molar-refractivity contribution is 5.94. The summed E-state index contributed by atoms with van der Waals surface area (Å²) < 4.78 is 0. The molecule has 5 rings (SSSR count). The van der Waals surface area contributed by atoms with E-state index in [0.29, 0.717) is 12.8 Å². The van der Waals surface area contributed by atoms with Crippen molar-refractivity contribution in [1.82, 2.24) is 20.9 Å². The van der Waals surface area contributed by atoms with Crippen molar-refractivity contribution in [2.24, 2.45) is 5.41 Å². The maximum absolute atomic E-state index is 13.9. The number of carbonyl (C=O) groups is 3. The van der Waals surface area contributed by atoms with E-state index < -0.39 is 12.1 Å². The molecule has 3 N–H and O–H groups in total. The lowest BCUT2D eigenvalue weighted by Crippen LogP contribution is -2.58. The Kier molecular flexibility index (Phi) is 6.40. The summed E-state index contributed by atoms with van der Waals surface area (Å²) in [6.07, 6.45) is 9.54. The van der Waals surface area contributed by atoms with Crippen LogP contribution in [-0.2, 0) is 20.8 Å². The van der Waals surface area contributed by atoms with Crippen LogP contribution in [0.15, 0.2) is 24.3 Å². The van der Waals surface area contributed by atoms with Crippen molar-refractivity contribution in [3.63, 3.8) is 0 Å². The fourth-order valence-electron chi connectivity index (χ4n) is 6.38. The van der Waals surface area contributed by atoms with Crippen molar-refractivity contribution in [3.05, 3.63) is 35.4 Å². The molecule has 3 fully saturated rings. The van der Waals surface area contributed by atoms with Crippen LogP contribution in [0.3, 0.4) is 0 Å². The fraction of sp³-hybridized carbons (Fsp3) is 0.667. The zero-order valence-corrected chi connectivity index (χ0v) is 20.4. The van der Waals surface area contributed by atoms with Crippen molar-refractivity contribution in [3.8, 4) is 0 Å². The van der Waals surface area contributed by atoms with Crippen LogP contribution in [-0.4, -0.2) is 53.8 Å². The van der Waals surface area contributed by atoms with Gasteiger partial charge in [0.15, 0.2) is 0 Å². The van der Waals surface area contributed by atoms with Crippen LogP contribution < -0.4 is 16.0 Å². The van der Waals surface area contributed by atoms with Gasteiger partial charge < -0.3 is 20.9 Å². The smallest absolute Gasteiger partial charge is 0.246 e. The number of aryl methyl sites for hydroxylation is 1. The van der Waals surface area contributed by atoms with Gasteiger partial charge in [0.2, 0.25) is 17.7 Å². The Hall–Kier alpha value is -2.41. The molecule has 2 aliphatic heterocycles. The van der Waals surface area contributed by atoms with Crippen LogP contribution in [0, 0.1) is 5.41 Å². The summed E-state index contributed by atoms with van der Waals surface area (Å²) in [6, 6.07) is 7.05. The molecule has 3 unspecified atom stereocenters. The number of hydrogen-bond acceptors (Lipinski definition) is 4. The first kappa shape index (κ1) is 23.3. The van der Waals surface area contributed by atoms with E-state index in [9.17, 15) is 14.4 Å². The molecule has 34 heavy (non-hydrogen) atoms. The lowest BCUT2D eigenvalue weighted by molar-refractivity contribution is -0.145. The highest BCUT2D eigenvalue weighted by atomic mass is 16.2. The number of rotatable bonds is 5. The first-order valence-corrected chi connectivity index (χ1v) is 13.1. The van der Waals surface area contributed by atoms with Gasteiger partial charge in [0.25, 0.3) is 0 Å². The van der Waals surface area contributed by atoms with Gasteiger partial charge in [-0.1, -0.05) is 24.3 Å². The highest BCUT2D eigenvalue weighted by Gasteiger charge is 2.52. The minimum Gasteiger partial charge on any atom is -0.347 e. The molecule has 2 saturated heterocycles. The third-order valence-corrected chi connectivity index (χ3v) is 8.79. The molecule has 4 aliphatic rings. The predicted molar refractivity (Wildman–Crippen MR) is 130 cm³/mol. The number of benzene rings is 1. The molecule has 1 aromatic carbocycles. The van der Waals surface area contributed by atoms with E-state index in [1.807, 2.05) is 11.0 Å². The van der Waals surface area contributed by atoms with Gasteiger partial charge in [0, 0.05) is 6.04 Å². The highest BCUT2D eigenvalue weighted by Crippen LogP contribution is 2.55. The molecule has 0 bridgehead atoms. The van der Waals surface area contributed by atoms with Crippen LogP contribution in [0.1, 0.15) is 81.9 Å². The van der Waals surface area contributed by atoms with E-state index in [4.69, 9.17) is 0 Å². The average molecular weight is 467 g/mol. The molecular formula is C27H38N4O3. The van der Waals surface area contributed by atoms with E-state index in [-0.39, 0.29) is 41.3 Å². The number of hydrogen-bond donors (Lipinski definition) is 3. The first-order chi connectivity index (χ1) is 16.4. The molecule has 3 amide bonds. The molecule has 1 aromatic rings. The lowest BCUT2D eigenvalue weighted by Gasteiger charge is -2.38. The van der Waals surface area contributed by atoms with Crippen molar-refractivity contribution in [2.75, 3.05) is 7.05 Å². The standard InChI is InChI=1S/C27H38N4O3/c1-17(28-2)24(32)30-22-16-27(14-15-27)13-12-19-10-11-23(31(19)26(22)34)25(33)29-21-9-5-7-18-6-3-4-8-20(18)21/h3-4,6,8,17,19,21-23,28H,5,7,9-16H2,1-2H3,(H,29,33)(H,30,32)/t17-,19?,21+,22?,23?/m0/s1. The fourth-order valence-corrected chi connectivity index (χ4v) is 6.38. The van der Waals surface area contributed by atoms with E-state index in [2.05, 4.69) is 34.1 Å². The topological polar surface area (TPSA) is 90.5 Å². The number of nitrogens with one attached hydrogen (secondary N) is 3. The maximum atomic E-state index is 13.9. The summed E-state index contributed by atoms with van der Waals surface area (Å²) in [4.78, 5) is 41.9. The quantitative estimate of drug-likeness (QED) is 0.622. The molecule has 5 atom stereocenters. The van der Waals surface area contributed by atoms with Gasteiger partial charge in [-0.2, -0.15) is 0 Å². The van der Waals surface area contributed by atoms with Crippen LogP contribution in [0.25, 0.3) is 0 Å². The minimum absolute atomic E-state index is 0.00284. The number of amides is 3. The Labute approximate surface area is 202 Å². The van der Waals surface area contributed by atoms with Gasteiger partial charge in [-0.25, -0.2) is 0 Å². The second kappa shape index (κ2) is 9.33. The normalized spacial score (nSPS) is 30.5. The second-order valence-electron chi connectivity index (χ2n) is 11.0. The van der Waals surface area contributed by atoms with Crippen molar-refractivity contribution >= 4 is 17.7 Å². The van der Waals surface area contributed by atoms with Crippen LogP contribution >= 0.6 is 0 Å². The van der Waals surface area contributed by atoms with Crippen molar-refractivity contribution < 1.29 is 14.4 Å². The van der Waals surface area contributed by atoms with Crippen molar-refractivity contribution in [2.45, 2.75) is 101 Å². The molecule has 0 radical (unpaired) electrons. The molecule has 7 nitrogen and oxygen atoms in total. The summed E-state index contributed by atoms with van der Waals surface area (Å²) in [7, 11) is 1.74. The van der Waals surface area contributed by atoms with Gasteiger partial charge in [0.1, 0.15) is 12.1 Å². The number of fused-ring (bicyclic) bond motifs is 2. The Morgan fingerprint density at radius 3 is 2.59 bits per heavy atom. The molecular weight excluding hydrogens is 428 g/mol. The van der Waals surface area contributed by atoms with Crippen LogP contribution in [0.4, 0.5) is 0 Å². The van der Waals surface area contributed by atoms with Gasteiger partial charge in [-0.3, -0.25) is 14.4 Å². The third-order valence-electron chi connectivity index (χ3n) is 8.79. The number of likely N-dealkylation sites (N-methyl/N-ethyl adjacent to an activating group) is 1. The first-order valence-electron chi connectivity index (χ1n) is 13.1. The molecule has 184 valence electrons. The summed E-state index contributed by atoms with van der Waals surface area (Å²) in [5.41, 5.74) is 2.70. The largest absolute Gasteiger partial charge is 0.347 e. The van der Waals surface area contributed by atoms with Crippen LogP contribution in [0.5, 0.6) is 0 Å². The zero-order valence-electron chi connectivity index (χ0n) is 20.4. The lowest BCUT2D eigenvalue weighted by atomic mass is 9.86.